The number of fused-ring (bicyclic) bond motifs is 2. The monoisotopic (exact) mass is 373 g/mol. The molecule has 0 bridgehead atoms. The van der Waals surface area contributed by atoms with Crippen LogP contribution in [0.2, 0.25) is 0 Å². The van der Waals surface area contributed by atoms with Gasteiger partial charge in [-0.25, -0.2) is 0 Å². The van der Waals surface area contributed by atoms with Crippen LogP contribution in [0.3, 0.4) is 0 Å². The van der Waals surface area contributed by atoms with Gasteiger partial charge in [-0.1, -0.05) is 0 Å². The lowest BCUT2D eigenvalue weighted by atomic mass is 10.2. The van der Waals surface area contributed by atoms with Gasteiger partial charge in [0, 0.05) is 28.2 Å². The van der Waals surface area contributed by atoms with Crippen molar-refractivity contribution in [3.05, 3.63) is 48.7 Å². The standard InChI is InChI=1S/C11H11NO3S.C7H7NO2/c1-2-15-9-5-6-10(16(13)14)8-4-3-7-12-11(8)9;8-5-1-2-6-7(3-5)10-4-9-6/h3-7H,2H2,1H3,(H,13,14);1-3H,4,8H2/p-1. The quantitative estimate of drug-likeness (QED) is 0.555. The van der Waals surface area contributed by atoms with Gasteiger partial charge in [-0.2, -0.15) is 0 Å². The highest BCUT2D eigenvalue weighted by molar-refractivity contribution is 7.79. The van der Waals surface area contributed by atoms with Gasteiger partial charge < -0.3 is 24.5 Å². The lowest BCUT2D eigenvalue weighted by Crippen LogP contribution is -1.97. The van der Waals surface area contributed by atoms with Gasteiger partial charge in [0.1, 0.15) is 11.3 Å². The van der Waals surface area contributed by atoms with E-state index in [2.05, 4.69) is 4.98 Å². The largest absolute Gasteiger partial charge is 0.768 e. The van der Waals surface area contributed by atoms with Crippen LogP contribution in [0.4, 0.5) is 5.69 Å². The summed E-state index contributed by atoms with van der Waals surface area (Å²) in [7, 11) is 0. The Kier molecular flexibility index (Phi) is 5.55. The summed E-state index contributed by atoms with van der Waals surface area (Å²) in [5.74, 6) is 2.11. The number of rotatable bonds is 3. The van der Waals surface area contributed by atoms with Crippen molar-refractivity contribution in [2.24, 2.45) is 0 Å². The van der Waals surface area contributed by atoms with Crippen LogP contribution in [0.5, 0.6) is 17.2 Å². The molecule has 7 nitrogen and oxygen atoms in total. The molecule has 0 spiro atoms. The van der Waals surface area contributed by atoms with Crippen molar-refractivity contribution in [3.63, 3.8) is 0 Å². The number of pyridine rings is 1. The fraction of sp³-hybridized carbons (Fsp3) is 0.167. The molecule has 8 heteroatoms. The fourth-order valence-electron chi connectivity index (χ4n) is 2.45. The maximum Gasteiger partial charge on any atom is 0.231 e. The maximum absolute atomic E-state index is 11.0. The summed E-state index contributed by atoms with van der Waals surface area (Å²) in [4.78, 5) is 4.39. The molecular formula is C18H17N2O5S-. The van der Waals surface area contributed by atoms with Crippen molar-refractivity contribution < 1.29 is 23.0 Å². The van der Waals surface area contributed by atoms with Gasteiger partial charge in [0.25, 0.3) is 0 Å². The molecule has 1 aliphatic heterocycles. The Morgan fingerprint density at radius 3 is 2.81 bits per heavy atom. The third kappa shape index (κ3) is 3.87. The molecule has 2 aromatic carbocycles. The molecule has 0 saturated carbocycles. The minimum atomic E-state index is -2.26. The van der Waals surface area contributed by atoms with E-state index in [1.165, 1.54) is 6.07 Å². The van der Waals surface area contributed by atoms with E-state index in [9.17, 15) is 8.76 Å². The predicted octanol–water partition coefficient (Wildman–Crippen LogP) is 2.87. The van der Waals surface area contributed by atoms with Crippen molar-refractivity contribution in [2.75, 3.05) is 19.1 Å². The zero-order chi connectivity index (χ0) is 18.5. The molecule has 0 saturated heterocycles. The summed E-state index contributed by atoms with van der Waals surface area (Å²) in [6, 6.07) is 11.9. The molecule has 26 heavy (non-hydrogen) atoms. The first kappa shape index (κ1) is 18.0. The minimum absolute atomic E-state index is 0.242. The van der Waals surface area contributed by atoms with E-state index in [4.69, 9.17) is 19.9 Å². The van der Waals surface area contributed by atoms with E-state index in [0.717, 1.165) is 11.5 Å². The summed E-state index contributed by atoms with van der Waals surface area (Å²) >= 11 is -2.26. The van der Waals surface area contributed by atoms with Crippen molar-refractivity contribution in [1.82, 2.24) is 4.98 Å². The molecule has 4 rings (SSSR count). The van der Waals surface area contributed by atoms with Gasteiger partial charge in [-0.3, -0.25) is 9.19 Å². The Bertz CT molecular complexity index is 948. The number of nitrogens with zero attached hydrogens (tertiary/aromatic N) is 1. The van der Waals surface area contributed by atoms with E-state index in [0.29, 0.717) is 35.7 Å². The number of nitrogens with two attached hydrogens (primary N) is 1. The van der Waals surface area contributed by atoms with E-state index in [-0.39, 0.29) is 4.90 Å². The Balaban J connectivity index is 0.000000167. The molecule has 1 aliphatic rings. The maximum atomic E-state index is 11.0. The lowest BCUT2D eigenvalue weighted by molar-refractivity contribution is 0.174. The number of ether oxygens (including phenoxy) is 3. The first-order valence-electron chi connectivity index (χ1n) is 7.85. The van der Waals surface area contributed by atoms with Crippen LogP contribution >= 0.6 is 0 Å². The first-order valence-corrected chi connectivity index (χ1v) is 8.92. The van der Waals surface area contributed by atoms with Crippen LogP contribution in [0, 0.1) is 0 Å². The van der Waals surface area contributed by atoms with Gasteiger partial charge in [0.05, 0.1) is 6.61 Å². The molecule has 3 aromatic rings. The van der Waals surface area contributed by atoms with Gasteiger partial charge >= 0.3 is 0 Å². The van der Waals surface area contributed by atoms with E-state index in [1.807, 2.05) is 6.92 Å². The summed E-state index contributed by atoms with van der Waals surface area (Å²) in [5.41, 5.74) is 6.77. The number of benzene rings is 2. The average molecular weight is 373 g/mol. The first-order chi connectivity index (χ1) is 12.6. The molecule has 2 N–H and O–H groups in total. The third-order valence-electron chi connectivity index (χ3n) is 3.57. The fourth-order valence-corrected chi connectivity index (χ4v) is 2.97. The minimum Gasteiger partial charge on any atom is -0.768 e. The van der Waals surface area contributed by atoms with Crippen molar-refractivity contribution in [2.45, 2.75) is 11.8 Å². The van der Waals surface area contributed by atoms with Crippen LogP contribution in [0.15, 0.2) is 53.6 Å². The molecule has 136 valence electrons. The average Bonchev–Trinajstić information content (AvgIpc) is 3.10. The summed E-state index contributed by atoms with van der Waals surface area (Å²) in [5, 5.41) is 0.585. The van der Waals surface area contributed by atoms with Crippen LogP contribution in [0.1, 0.15) is 6.92 Å². The second kappa shape index (κ2) is 8.03. The van der Waals surface area contributed by atoms with Crippen LogP contribution in [-0.4, -0.2) is 27.1 Å². The summed E-state index contributed by atoms with van der Waals surface area (Å²) < 4.78 is 37.6. The van der Waals surface area contributed by atoms with Gasteiger partial charge in [-0.05, 0) is 54.4 Å². The van der Waals surface area contributed by atoms with Crippen molar-refractivity contribution in [3.8, 4) is 17.2 Å². The Morgan fingerprint density at radius 2 is 2.04 bits per heavy atom. The zero-order valence-electron chi connectivity index (χ0n) is 14.0. The van der Waals surface area contributed by atoms with Crippen LogP contribution in [-0.2, 0) is 11.1 Å². The molecule has 1 aromatic heterocycles. The van der Waals surface area contributed by atoms with Crippen molar-refractivity contribution in [1.29, 1.82) is 0 Å². The highest BCUT2D eigenvalue weighted by atomic mass is 32.2. The third-order valence-corrected chi connectivity index (χ3v) is 4.28. The van der Waals surface area contributed by atoms with Gasteiger partial charge in [0.15, 0.2) is 11.5 Å². The smallest absolute Gasteiger partial charge is 0.231 e. The second-order valence-electron chi connectivity index (χ2n) is 5.24. The number of aromatic nitrogens is 1. The second-order valence-corrected chi connectivity index (χ2v) is 6.15. The lowest BCUT2D eigenvalue weighted by Gasteiger charge is -2.11. The highest BCUT2D eigenvalue weighted by Crippen LogP contribution is 2.33. The van der Waals surface area contributed by atoms with Gasteiger partial charge in [0.2, 0.25) is 6.79 Å². The highest BCUT2D eigenvalue weighted by Gasteiger charge is 2.11. The van der Waals surface area contributed by atoms with Crippen molar-refractivity contribution >= 4 is 27.7 Å². The molecule has 0 amide bonds. The summed E-state index contributed by atoms with van der Waals surface area (Å²) in [6.07, 6.45) is 1.61. The SMILES string of the molecule is CCOc1ccc(S(=O)[O-])c2cccnc12.Nc1ccc2c(c1)OCO2. The molecule has 1 unspecified atom stereocenters. The molecular weight excluding hydrogens is 356 g/mol. The van der Waals surface area contributed by atoms with E-state index >= 15 is 0 Å². The number of anilines is 1. The van der Waals surface area contributed by atoms with E-state index < -0.39 is 11.1 Å². The topological polar surface area (TPSA) is 107 Å². The normalized spacial score (nSPS) is 13.0. The Morgan fingerprint density at radius 1 is 1.23 bits per heavy atom. The summed E-state index contributed by atoms with van der Waals surface area (Å²) in [6.45, 7) is 2.69. The molecule has 0 radical (unpaired) electrons. The Hall–Kier alpha value is -2.84. The molecule has 0 fully saturated rings. The number of hydrogen-bond acceptors (Lipinski definition) is 7. The zero-order valence-corrected chi connectivity index (χ0v) is 14.8. The molecule has 0 aliphatic carbocycles. The Labute approximate surface area is 153 Å². The molecule has 2 heterocycles. The van der Waals surface area contributed by atoms with Gasteiger partial charge in [-0.15, -0.1) is 0 Å². The number of hydrogen-bond donors (Lipinski definition) is 1. The van der Waals surface area contributed by atoms with Crippen LogP contribution in [0.25, 0.3) is 10.9 Å². The van der Waals surface area contributed by atoms with Crippen LogP contribution < -0.4 is 19.9 Å². The number of nitrogen functional groups attached to an aromatic ring is 1. The molecule has 1 atom stereocenters. The predicted molar refractivity (Wildman–Crippen MR) is 97.1 cm³/mol. The van der Waals surface area contributed by atoms with E-state index in [1.54, 1.807) is 42.6 Å².